The average molecular weight is 312 g/mol. The van der Waals surface area contributed by atoms with Crippen LogP contribution in [0.3, 0.4) is 0 Å². The molecule has 1 aromatic carbocycles. The number of esters is 1. The van der Waals surface area contributed by atoms with Crippen LogP contribution in [-0.2, 0) is 9.53 Å². The molecule has 0 spiro atoms. The molecule has 0 heterocycles. The van der Waals surface area contributed by atoms with Crippen LogP contribution in [0.25, 0.3) is 0 Å². The Morgan fingerprint density at radius 3 is 2.58 bits per heavy atom. The summed E-state index contributed by atoms with van der Waals surface area (Å²) in [6.45, 7) is 1.43. The fourth-order valence-electron chi connectivity index (χ4n) is 1.12. The molecule has 0 aliphatic heterocycles. The lowest BCUT2D eigenvalue weighted by Gasteiger charge is -2.11. The van der Waals surface area contributed by atoms with Crippen molar-refractivity contribution in [3.8, 4) is 5.75 Å². The highest BCUT2D eigenvalue weighted by Crippen LogP contribution is 2.36. The van der Waals surface area contributed by atoms with Crippen LogP contribution < -0.4 is 4.74 Å². The van der Waals surface area contributed by atoms with Gasteiger partial charge in [0.1, 0.15) is 0 Å². The van der Waals surface area contributed by atoms with E-state index in [0.717, 1.165) is 12.1 Å². The molecule has 1 aromatic rings. The molecule has 19 heavy (non-hydrogen) atoms. The third-order valence-electron chi connectivity index (χ3n) is 1.90. The van der Waals surface area contributed by atoms with Crippen LogP contribution in [0.15, 0.2) is 12.1 Å². The van der Waals surface area contributed by atoms with E-state index in [1.807, 2.05) is 0 Å². The first-order chi connectivity index (χ1) is 8.86. The largest absolute Gasteiger partial charge is 0.461 e. The Bertz CT molecular complexity index is 511. The molecule has 104 valence electrons. The van der Waals surface area contributed by atoms with Crippen molar-refractivity contribution in [3.05, 3.63) is 32.3 Å². The van der Waals surface area contributed by atoms with Crippen molar-refractivity contribution in [2.75, 3.05) is 6.61 Å². The molecule has 0 amide bonds. The first-order valence-corrected chi connectivity index (χ1v) is 5.73. The van der Waals surface area contributed by atoms with E-state index in [2.05, 4.69) is 9.47 Å². The van der Waals surface area contributed by atoms with E-state index in [1.54, 1.807) is 0 Å². The molecule has 0 aromatic heterocycles. The number of carbonyl (C=O) groups excluding carboxylic acids is 1. The highest BCUT2D eigenvalue weighted by Gasteiger charge is 2.26. The Hall–Kier alpha value is -1.60. The fourth-order valence-corrected chi connectivity index (χ4v) is 1.43. The standard InChI is InChI=1S/C10H8Cl2FNO5/c1-2-18-10(15)9(13)19-8-4-6(12)5(11)3-7(8)14(16)17/h3-4,9H,2H2,1H3. The van der Waals surface area contributed by atoms with Crippen LogP contribution in [-0.4, -0.2) is 23.9 Å². The van der Waals surface area contributed by atoms with Gasteiger partial charge in [-0.25, -0.2) is 4.79 Å². The summed E-state index contributed by atoms with van der Waals surface area (Å²) in [5, 5.41) is 10.6. The van der Waals surface area contributed by atoms with E-state index >= 15 is 0 Å². The summed E-state index contributed by atoms with van der Waals surface area (Å²) in [5.74, 6) is -1.80. The lowest BCUT2D eigenvalue weighted by Crippen LogP contribution is -2.25. The van der Waals surface area contributed by atoms with Gasteiger partial charge in [0.15, 0.2) is 0 Å². The molecule has 0 aliphatic rings. The minimum absolute atomic E-state index is 0.0495. The molecule has 0 aliphatic carbocycles. The third-order valence-corrected chi connectivity index (χ3v) is 2.62. The SMILES string of the molecule is CCOC(=O)C(F)Oc1cc(Cl)c(Cl)cc1[N+](=O)[O-]. The van der Waals surface area contributed by atoms with Crippen molar-refractivity contribution in [3.63, 3.8) is 0 Å². The predicted molar refractivity (Wildman–Crippen MR) is 65.3 cm³/mol. The smallest absolute Gasteiger partial charge is 0.381 e. The average Bonchev–Trinajstić information content (AvgIpc) is 2.33. The number of rotatable bonds is 5. The maximum absolute atomic E-state index is 13.3. The van der Waals surface area contributed by atoms with Crippen molar-refractivity contribution in [1.82, 2.24) is 0 Å². The fraction of sp³-hybridized carbons (Fsp3) is 0.300. The zero-order chi connectivity index (χ0) is 14.6. The number of nitro groups is 1. The van der Waals surface area contributed by atoms with Crippen LogP contribution in [0.1, 0.15) is 6.92 Å². The highest BCUT2D eigenvalue weighted by molar-refractivity contribution is 6.42. The molecule has 0 saturated carbocycles. The maximum atomic E-state index is 13.3. The second-order valence-electron chi connectivity index (χ2n) is 3.18. The Kier molecular flexibility index (Phi) is 5.31. The van der Waals surface area contributed by atoms with Crippen LogP contribution in [0.4, 0.5) is 10.1 Å². The Morgan fingerprint density at radius 2 is 2.05 bits per heavy atom. The summed E-state index contributed by atoms with van der Waals surface area (Å²) >= 11 is 11.2. The Balaban J connectivity index is 3.03. The van der Waals surface area contributed by atoms with Gasteiger partial charge in [-0.1, -0.05) is 23.2 Å². The van der Waals surface area contributed by atoms with Crippen LogP contribution in [0.5, 0.6) is 5.75 Å². The number of hydrogen-bond acceptors (Lipinski definition) is 5. The van der Waals surface area contributed by atoms with Gasteiger partial charge in [-0.05, 0) is 6.92 Å². The Morgan fingerprint density at radius 1 is 1.47 bits per heavy atom. The molecule has 0 radical (unpaired) electrons. The molecule has 0 N–H and O–H groups in total. The molecule has 1 atom stereocenters. The summed E-state index contributed by atoms with van der Waals surface area (Å²) in [6.07, 6.45) is -2.49. The summed E-state index contributed by atoms with van der Waals surface area (Å²) in [5.41, 5.74) is -0.610. The second kappa shape index (κ2) is 6.53. The zero-order valence-electron chi connectivity index (χ0n) is 9.56. The number of nitro benzene ring substituents is 1. The lowest BCUT2D eigenvalue weighted by atomic mass is 10.3. The monoisotopic (exact) mass is 311 g/mol. The number of ether oxygens (including phenoxy) is 2. The van der Waals surface area contributed by atoms with Crippen molar-refractivity contribution < 1.29 is 23.6 Å². The van der Waals surface area contributed by atoms with E-state index in [4.69, 9.17) is 23.2 Å². The van der Waals surface area contributed by atoms with Crippen LogP contribution in [0, 0.1) is 10.1 Å². The van der Waals surface area contributed by atoms with Gasteiger partial charge in [0.2, 0.25) is 5.75 Å². The lowest BCUT2D eigenvalue weighted by molar-refractivity contribution is -0.386. The first kappa shape index (κ1) is 15.5. The van der Waals surface area contributed by atoms with E-state index in [-0.39, 0.29) is 16.7 Å². The Labute approximate surface area is 117 Å². The summed E-state index contributed by atoms with van der Waals surface area (Å²) < 4.78 is 22.2. The molecule has 1 rings (SSSR count). The molecule has 6 nitrogen and oxygen atoms in total. The second-order valence-corrected chi connectivity index (χ2v) is 3.99. The number of hydrogen-bond donors (Lipinski definition) is 0. The van der Waals surface area contributed by atoms with E-state index in [9.17, 15) is 19.3 Å². The van der Waals surface area contributed by atoms with Gasteiger partial charge < -0.3 is 9.47 Å². The minimum atomic E-state index is -2.49. The van der Waals surface area contributed by atoms with Crippen LogP contribution in [0.2, 0.25) is 10.0 Å². The van der Waals surface area contributed by atoms with Gasteiger partial charge in [-0.2, -0.15) is 4.39 Å². The quantitative estimate of drug-likeness (QED) is 0.474. The summed E-state index contributed by atoms with van der Waals surface area (Å²) in [6, 6.07) is 1.85. The summed E-state index contributed by atoms with van der Waals surface area (Å²) in [4.78, 5) is 20.9. The van der Waals surface area contributed by atoms with Gasteiger partial charge in [0.05, 0.1) is 21.6 Å². The van der Waals surface area contributed by atoms with E-state index < -0.39 is 28.7 Å². The molecule has 9 heteroatoms. The molecule has 0 fully saturated rings. The first-order valence-electron chi connectivity index (χ1n) is 4.97. The highest BCUT2D eigenvalue weighted by atomic mass is 35.5. The van der Waals surface area contributed by atoms with E-state index in [0.29, 0.717) is 0 Å². The van der Waals surface area contributed by atoms with Crippen molar-refractivity contribution in [2.45, 2.75) is 13.3 Å². The number of halogens is 3. The number of benzene rings is 1. The van der Waals surface area contributed by atoms with Gasteiger partial charge >= 0.3 is 18.0 Å². The van der Waals surface area contributed by atoms with E-state index in [1.165, 1.54) is 6.92 Å². The number of nitrogens with zero attached hydrogens (tertiary/aromatic N) is 1. The predicted octanol–water partition coefficient (Wildman–Crippen LogP) is 3.14. The molecule has 0 saturated heterocycles. The van der Waals surface area contributed by atoms with Crippen molar-refractivity contribution in [2.24, 2.45) is 0 Å². The summed E-state index contributed by atoms with van der Waals surface area (Å²) in [7, 11) is 0. The molecule has 0 bridgehead atoms. The molecule has 1 unspecified atom stereocenters. The zero-order valence-corrected chi connectivity index (χ0v) is 11.1. The molecular weight excluding hydrogens is 304 g/mol. The number of alkyl halides is 1. The molecular formula is C10H8Cl2FNO5. The van der Waals surface area contributed by atoms with Gasteiger partial charge in [-0.15, -0.1) is 0 Å². The number of carbonyl (C=O) groups is 1. The van der Waals surface area contributed by atoms with Gasteiger partial charge in [-0.3, -0.25) is 10.1 Å². The normalized spacial score (nSPS) is 11.8. The minimum Gasteiger partial charge on any atom is -0.461 e. The van der Waals surface area contributed by atoms with Gasteiger partial charge in [0, 0.05) is 12.1 Å². The topological polar surface area (TPSA) is 78.7 Å². The maximum Gasteiger partial charge on any atom is 0.381 e. The van der Waals surface area contributed by atoms with Crippen molar-refractivity contribution in [1.29, 1.82) is 0 Å². The third kappa shape index (κ3) is 3.93. The van der Waals surface area contributed by atoms with Crippen molar-refractivity contribution >= 4 is 34.9 Å². The van der Waals surface area contributed by atoms with Crippen LogP contribution >= 0.6 is 23.2 Å². The van der Waals surface area contributed by atoms with Gasteiger partial charge in [0.25, 0.3) is 0 Å².